The van der Waals surface area contributed by atoms with E-state index in [9.17, 15) is 9.90 Å². The molecule has 1 aliphatic heterocycles. The maximum atomic E-state index is 13.1. The smallest absolute Gasteiger partial charge is 0.258 e. The lowest BCUT2D eigenvalue weighted by atomic mass is 9.98. The van der Waals surface area contributed by atoms with Gasteiger partial charge in [-0.15, -0.1) is 0 Å². The van der Waals surface area contributed by atoms with Gasteiger partial charge in [0.15, 0.2) is 0 Å². The van der Waals surface area contributed by atoms with E-state index in [0.717, 1.165) is 28.8 Å². The molecule has 0 spiro atoms. The third-order valence-electron chi connectivity index (χ3n) is 4.86. The minimum Gasteiger partial charge on any atom is -0.507 e. The van der Waals surface area contributed by atoms with Gasteiger partial charge in [-0.05, 0) is 68.1 Å². The van der Waals surface area contributed by atoms with Crippen LogP contribution < -0.4 is 5.32 Å². The molecule has 4 heteroatoms. The number of para-hydroxylation sites is 1. The van der Waals surface area contributed by atoms with Crippen LogP contribution in [0.3, 0.4) is 0 Å². The minimum absolute atomic E-state index is 0.0482. The molecule has 1 heterocycles. The molecule has 4 nitrogen and oxygen atoms in total. The molecule has 1 amide bonds. The number of benzene rings is 2. The van der Waals surface area contributed by atoms with Crippen molar-refractivity contribution in [1.29, 1.82) is 0 Å². The molecule has 3 rings (SSSR count). The summed E-state index contributed by atoms with van der Waals surface area (Å²) in [4.78, 5) is 15.0. The van der Waals surface area contributed by atoms with Crippen LogP contribution in [-0.4, -0.2) is 22.0 Å². The van der Waals surface area contributed by atoms with Crippen molar-refractivity contribution in [3.05, 3.63) is 58.7 Å². The number of nitrogens with zero attached hydrogens (tertiary/aromatic N) is 1. The van der Waals surface area contributed by atoms with E-state index in [1.54, 1.807) is 0 Å². The maximum Gasteiger partial charge on any atom is 0.258 e. The summed E-state index contributed by atoms with van der Waals surface area (Å²) >= 11 is 0. The second kappa shape index (κ2) is 6.19. The number of amides is 1. The highest BCUT2D eigenvalue weighted by Crippen LogP contribution is 2.37. The molecule has 2 atom stereocenters. The number of phenolic OH excluding ortho intramolecular Hbond substituents is 1. The van der Waals surface area contributed by atoms with E-state index in [4.69, 9.17) is 0 Å². The standard InChI is InChI=1S/C20H24N2O2/c1-5-14(4)22-19(15-10-12(2)18(23)13(3)11-15)21-17-9-7-6-8-16(17)20(22)24/h6-11,14,19,21,23H,5H2,1-4H3/t14-,19-/m0/s1. The Morgan fingerprint density at radius 1 is 1.21 bits per heavy atom. The van der Waals surface area contributed by atoms with Crippen molar-refractivity contribution in [2.24, 2.45) is 0 Å². The van der Waals surface area contributed by atoms with Gasteiger partial charge in [0.25, 0.3) is 5.91 Å². The Hall–Kier alpha value is -2.49. The van der Waals surface area contributed by atoms with Crippen LogP contribution in [0, 0.1) is 13.8 Å². The number of hydrogen-bond donors (Lipinski definition) is 2. The molecule has 0 saturated carbocycles. The number of fused-ring (bicyclic) bond motifs is 1. The SMILES string of the molecule is CC[C@H](C)N1C(=O)c2ccccc2N[C@@H]1c1cc(C)c(O)c(C)c1. The number of aryl methyl sites for hydroxylation is 2. The predicted molar refractivity (Wildman–Crippen MR) is 96.3 cm³/mol. The molecule has 0 aliphatic carbocycles. The van der Waals surface area contributed by atoms with Gasteiger partial charge in [0.1, 0.15) is 11.9 Å². The number of aromatic hydroxyl groups is 1. The minimum atomic E-state index is -0.236. The van der Waals surface area contributed by atoms with Gasteiger partial charge in [-0.2, -0.15) is 0 Å². The number of hydrogen-bond acceptors (Lipinski definition) is 3. The number of anilines is 1. The van der Waals surface area contributed by atoms with Crippen molar-refractivity contribution in [1.82, 2.24) is 4.90 Å². The third kappa shape index (κ3) is 2.62. The molecule has 0 fully saturated rings. The zero-order valence-electron chi connectivity index (χ0n) is 14.6. The van der Waals surface area contributed by atoms with Crippen molar-refractivity contribution >= 4 is 11.6 Å². The van der Waals surface area contributed by atoms with E-state index in [2.05, 4.69) is 19.2 Å². The Morgan fingerprint density at radius 2 is 1.83 bits per heavy atom. The van der Waals surface area contributed by atoms with Crippen LogP contribution in [0.25, 0.3) is 0 Å². The largest absolute Gasteiger partial charge is 0.507 e. The Kier molecular flexibility index (Phi) is 4.22. The molecule has 24 heavy (non-hydrogen) atoms. The first-order chi connectivity index (χ1) is 11.4. The van der Waals surface area contributed by atoms with Crippen molar-refractivity contribution in [3.63, 3.8) is 0 Å². The lowest BCUT2D eigenvalue weighted by molar-refractivity contribution is 0.0593. The maximum absolute atomic E-state index is 13.1. The average molecular weight is 324 g/mol. The summed E-state index contributed by atoms with van der Waals surface area (Å²) in [6.07, 6.45) is 0.641. The molecule has 0 unspecified atom stereocenters. The van der Waals surface area contributed by atoms with Crippen molar-refractivity contribution in [2.45, 2.75) is 46.3 Å². The Labute approximate surface area is 143 Å². The molecule has 0 radical (unpaired) electrons. The van der Waals surface area contributed by atoms with Crippen LogP contribution in [0.15, 0.2) is 36.4 Å². The van der Waals surface area contributed by atoms with E-state index < -0.39 is 0 Å². The number of carbonyl (C=O) groups is 1. The van der Waals surface area contributed by atoms with Crippen molar-refractivity contribution in [3.8, 4) is 5.75 Å². The molecule has 1 aliphatic rings. The topological polar surface area (TPSA) is 52.6 Å². The number of carbonyl (C=O) groups excluding carboxylic acids is 1. The van der Waals surface area contributed by atoms with Crippen LogP contribution in [0.2, 0.25) is 0 Å². The molecule has 126 valence electrons. The first kappa shape index (κ1) is 16.4. The monoisotopic (exact) mass is 324 g/mol. The lowest BCUT2D eigenvalue weighted by Gasteiger charge is -2.41. The van der Waals surface area contributed by atoms with E-state index >= 15 is 0 Å². The van der Waals surface area contributed by atoms with Gasteiger partial charge >= 0.3 is 0 Å². The van der Waals surface area contributed by atoms with Gasteiger partial charge in [0.05, 0.1) is 5.56 Å². The van der Waals surface area contributed by atoms with E-state index in [1.165, 1.54) is 0 Å². The lowest BCUT2D eigenvalue weighted by Crippen LogP contribution is -2.47. The van der Waals surface area contributed by atoms with Crippen LogP contribution in [0.1, 0.15) is 53.5 Å². The number of nitrogens with one attached hydrogen (secondary N) is 1. The summed E-state index contributed by atoms with van der Waals surface area (Å²) in [7, 11) is 0. The summed E-state index contributed by atoms with van der Waals surface area (Å²) in [5, 5.41) is 13.6. The van der Waals surface area contributed by atoms with Crippen LogP contribution in [0.4, 0.5) is 5.69 Å². The fourth-order valence-corrected chi connectivity index (χ4v) is 3.31. The normalized spacial score (nSPS) is 18.1. The fourth-order valence-electron chi connectivity index (χ4n) is 3.31. The van der Waals surface area contributed by atoms with Gasteiger partial charge in [-0.3, -0.25) is 4.79 Å². The van der Waals surface area contributed by atoms with Crippen LogP contribution in [0.5, 0.6) is 5.75 Å². The quantitative estimate of drug-likeness (QED) is 0.881. The average Bonchev–Trinajstić information content (AvgIpc) is 2.58. The summed E-state index contributed by atoms with van der Waals surface area (Å²) < 4.78 is 0. The highest BCUT2D eigenvalue weighted by atomic mass is 16.3. The Bertz CT molecular complexity index is 762. The molecule has 0 bridgehead atoms. The van der Waals surface area contributed by atoms with Gasteiger partial charge in [-0.1, -0.05) is 19.1 Å². The van der Waals surface area contributed by atoms with E-state index in [0.29, 0.717) is 11.3 Å². The first-order valence-corrected chi connectivity index (χ1v) is 8.42. The second-order valence-electron chi connectivity index (χ2n) is 6.57. The zero-order chi connectivity index (χ0) is 17.4. The number of rotatable bonds is 3. The van der Waals surface area contributed by atoms with Gasteiger partial charge < -0.3 is 15.3 Å². The molecule has 0 saturated heterocycles. The van der Waals surface area contributed by atoms with Crippen molar-refractivity contribution in [2.75, 3.05) is 5.32 Å². The third-order valence-corrected chi connectivity index (χ3v) is 4.86. The summed E-state index contributed by atoms with van der Waals surface area (Å²) in [6.45, 7) is 7.93. The van der Waals surface area contributed by atoms with Crippen molar-refractivity contribution < 1.29 is 9.90 Å². The summed E-state index contributed by atoms with van der Waals surface area (Å²) in [5.41, 5.74) is 4.20. The molecular formula is C20H24N2O2. The van der Waals surface area contributed by atoms with Gasteiger partial charge in [-0.25, -0.2) is 0 Å². The first-order valence-electron chi connectivity index (χ1n) is 8.42. The molecule has 2 aromatic rings. The highest BCUT2D eigenvalue weighted by molar-refractivity contribution is 6.01. The Balaban J connectivity index is 2.12. The van der Waals surface area contributed by atoms with Crippen LogP contribution >= 0.6 is 0 Å². The van der Waals surface area contributed by atoms with Crippen LogP contribution in [-0.2, 0) is 0 Å². The molecule has 0 aromatic heterocycles. The fraction of sp³-hybridized carbons (Fsp3) is 0.350. The Morgan fingerprint density at radius 3 is 2.46 bits per heavy atom. The van der Waals surface area contributed by atoms with E-state index in [1.807, 2.05) is 55.1 Å². The van der Waals surface area contributed by atoms with Gasteiger partial charge in [0.2, 0.25) is 0 Å². The molecule has 2 N–H and O–H groups in total. The molecular weight excluding hydrogens is 300 g/mol. The molecule has 2 aromatic carbocycles. The summed E-state index contributed by atoms with van der Waals surface area (Å²) in [5.74, 6) is 0.364. The number of phenols is 1. The summed E-state index contributed by atoms with van der Waals surface area (Å²) in [6, 6.07) is 11.6. The zero-order valence-corrected chi connectivity index (χ0v) is 14.6. The second-order valence-corrected chi connectivity index (χ2v) is 6.57. The highest BCUT2D eigenvalue weighted by Gasteiger charge is 2.35. The van der Waals surface area contributed by atoms with Gasteiger partial charge in [0, 0.05) is 11.7 Å². The predicted octanol–water partition coefficient (Wildman–Crippen LogP) is 4.37. The van der Waals surface area contributed by atoms with E-state index in [-0.39, 0.29) is 18.1 Å².